The molecule has 1 radical (unpaired) electrons. The highest BCUT2D eigenvalue weighted by molar-refractivity contribution is 5.51. The van der Waals surface area contributed by atoms with E-state index in [1.54, 1.807) is 25.1 Å². The molecule has 0 aliphatic carbocycles. The molecule has 1 aromatic rings. The van der Waals surface area contributed by atoms with Crippen molar-refractivity contribution in [3.8, 4) is 0 Å². The van der Waals surface area contributed by atoms with Crippen molar-refractivity contribution in [2.45, 2.75) is 6.92 Å². The molecule has 0 heterocycles. The van der Waals surface area contributed by atoms with Gasteiger partial charge in [-0.05, 0) is 5.56 Å². The van der Waals surface area contributed by atoms with Crippen molar-refractivity contribution in [3.63, 3.8) is 0 Å². The highest BCUT2D eigenvalue weighted by Crippen LogP contribution is 2.21. The molecule has 0 fully saturated rings. The summed E-state index contributed by atoms with van der Waals surface area (Å²) in [5.41, 5.74) is 0.741. The molecule has 0 saturated carbocycles. The number of halogens is 2. The summed E-state index contributed by atoms with van der Waals surface area (Å²) >= 11 is 0. The monoisotopic (exact) mass is 181 g/mol. The Balaban J connectivity index is 3.15. The van der Waals surface area contributed by atoms with Crippen LogP contribution in [0.5, 0.6) is 0 Å². The van der Waals surface area contributed by atoms with Crippen LogP contribution < -0.4 is 0 Å². The molecule has 0 aliphatic rings. The van der Waals surface area contributed by atoms with Gasteiger partial charge in [-0.15, -0.1) is 0 Å². The van der Waals surface area contributed by atoms with Crippen LogP contribution in [-0.4, -0.2) is 6.67 Å². The number of rotatable bonds is 3. The first-order chi connectivity index (χ1) is 6.20. The van der Waals surface area contributed by atoms with Crippen LogP contribution in [0.4, 0.5) is 8.78 Å². The molecule has 0 spiro atoms. The minimum Gasteiger partial charge on any atom is -0.250 e. The molecule has 69 valence electrons. The molecule has 0 atom stereocenters. The lowest BCUT2D eigenvalue weighted by Crippen LogP contribution is -2.01. The second-order valence-corrected chi connectivity index (χ2v) is 2.83. The van der Waals surface area contributed by atoms with Crippen LogP contribution in [0.1, 0.15) is 18.1 Å². The first-order valence-electron chi connectivity index (χ1n) is 4.00. The Morgan fingerprint density at radius 1 is 1.54 bits per heavy atom. The third-order valence-corrected chi connectivity index (χ3v) is 1.91. The standard InChI is InChI=1S/C11H11F2/c1-3-9-5-4-6-10(11(9)13)8(2)7-12/h3-6H,1,7H2,2H3. The minimum absolute atomic E-state index is 0.333. The number of benzene rings is 1. The minimum atomic E-state index is -0.627. The van der Waals surface area contributed by atoms with Crippen LogP contribution in [0.2, 0.25) is 0 Å². The lowest BCUT2D eigenvalue weighted by Gasteiger charge is -2.09. The summed E-state index contributed by atoms with van der Waals surface area (Å²) in [6.07, 6.45) is 1.42. The van der Waals surface area contributed by atoms with Gasteiger partial charge in [-0.25, -0.2) is 4.39 Å². The molecule has 0 N–H and O–H groups in total. The molecule has 0 nitrogen and oxygen atoms in total. The third kappa shape index (κ3) is 1.94. The van der Waals surface area contributed by atoms with E-state index >= 15 is 0 Å². The number of hydrogen-bond donors (Lipinski definition) is 0. The molecular weight excluding hydrogens is 170 g/mol. The maximum atomic E-state index is 13.5. The lowest BCUT2D eigenvalue weighted by molar-refractivity contribution is 0.507. The fraction of sp³-hybridized carbons (Fsp3) is 0.182. The Morgan fingerprint density at radius 2 is 2.23 bits per heavy atom. The molecular formula is C11H11F2. The maximum Gasteiger partial charge on any atom is 0.134 e. The summed E-state index contributed by atoms with van der Waals surface area (Å²) < 4.78 is 25.7. The normalized spacial score (nSPS) is 10.5. The van der Waals surface area contributed by atoms with Crippen LogP contribution >= 0.6 is 0 Å². The highest BCUT2D eigenvalue weighted by atomic mass is 19.1. The van der Waals surface area contributed by atoms with Crippen LogP contribution in [0.15, 0.2) is 24.8 Å². The van der Waals surface area contributed by atoms with Crippen LogP contribution in [0.3, 0.4) is 0 Å². The summed E-state index contributed by atoms with van der Waals surface area (Å²) in [7, 11) is 0. The molecule has 0 saturated heterocycles. The summed E-state index contributed by atoms with van der Waals surface area (Å²) in [5, 5.41) is 0. The second-order valence-electron chi connectivity index (χ2n) is 2.83. The third-order valence-electron chi connectivity index (χ3n) is 1.91. The van der Waals surface area contributed by atoms with Crippen molar-refractivity contribution in [1.29, 1.82) is 0 Å². The topological polar surface area (TPSA) is 0 Å². The SMILES string of the molecule is C=Cc1cccc([C](C)CF)c1F. The molecule has 0 aliphatic heterocycles. The van der Waals surface area contributed by atoms with Crippen molar-refractivity contribution in [1.82, 2.24) is 0 Å². The van der Waals surface area contributed by atoms with E-state index in [0.29, 0.717) is 17.0 Å². The van der Waals surface area contributed by atoms with Crippen LogP contribution in [-0.2, 0) is 0 Å². The van der Waals surface area contributed by atoms with E-state index in [1.807, 2.05) is 0 Å². The van der Waals surface area contributed by atoms with E-state index in [2.05, 4.69) is 6.58 Å². The van der Waals surface area contributed by atoms with Gasteiger partial charge in [0.15, 0.2) is 0 Å². The smallest absolute Gasteiger partial charge is 0.134 e. The van der Waals surface area contributed by atoms with E-state index in [-0.39, 0.29) is 0 Å². The van der Waals surface area contributed by atoms with Crippen LogP contribution in [0, 0.1) is 11.7 Å². The zero-order chi connectivity index (χ0) is 9.84. The van der Waals surface area contributed by atoms with Gasteiger partial charge in [-0.3, -0.25) is 4.39 Å². The van der Waals surface area contributed by atoms with Gasteiger partial charge in [-0.1, -0.05) is 37.8 Å². The molecule has 0 aromatic heterocycles. The van der Waals surface area contributed by atoms with Crippen molar-refractivity contribution >= 4 is 6.08 Å². The van der Waals surface area contributed by atoms with Gasteiger partial charge in [0.2, 0.25) is 0 Å². The fourth-order valence-electron chi connectivity index (χ4n) is 1.11. The van der Waals surface area contributed by atoms with Crippen molar-refractivity contribution in [2.24, 2.45) is 0 Å². The van der Waals surface area contributed by atoms with Crippen molar-refractivity contribution in [3.05, 3.63) is 47.6 Å². The zero-order valence-corrected chi connectivity index (χ0v) is 7.48. The average molecular weight is 181 g/mol. The van der Waals surface area contributed by atoms with E-state index < -0.39 is 12.5 Å². The van der Waals surface area contributed by atoms with E-state index in [0.717, 1.165) is 0 Å². The Bertz CT molecular complexity index is 305. The van der Waals surface area contributed by atoms with Gasteiger partial charge in [0, 0.05) is 11.5 Å². The van der Waals surface area contributed by atoms with Gasteiger partial charge >= 0.3 is 0 Å². The molecule has 13 heavy (non-hydrogen) atoms. The molecule has 1 rings (SSSR count). The Labute approximate surface area is 76.9 Å². The van der Waals surface area contributed by atoms with Crippen molar-refractivity contribution < 1.29 is 8.78 Å². The van der Waals surface area contributed by atoms with Gasteiger partial charge < -0.3 is 0 Å². The van der Waals surface area contributed by atoms with E-state index in [1.165, 1.54) is 6.08 Å². The summed E-state index contributed by atoms with van der Waals surface area (Å²) in [6.45, 7) is 4.42. The van der Waals surface area contributed by atoms with Gasteiger partial charge in [0.05, 0.1) is 6.67 Å². The van der Waals surface area contributed by atoms with E-state index in [9.17, 15) is 8.78 Å². The van der Waals surface area contributed by atoms with Gasteiger partial charge in [0.1, 0.15) is 5.82 Å². The molecule has 0 bridgehead atoms. The quantitative estimate of drug-likeness (QED) is 0.670. The Morgan fingerprint density at radius 3 is 2.77 bits per heavy atom. The molecule has 0 amide bonds. The summed E-state index contributed by atoms with van der Waals surface area (Å²) in [5.74, 6) is 0.00819. The average Bonchev–Trinajstić information content (AvgIpc) is 2.17. The zero-order valence-electron chi connectivity index (χ0n) is 7.48. The van der Waals surface area contributed by atoms with Crippen LogP contribution in [0.25, 0.3) is 6.08 Å². The van der Waals surface area contributed by atoms with Gasteiger partial charge in [0.25, 0.3) is 0 Å². The largest absolute Gasteiger partial charge is 0.250 e. The molecule has 1 aromatic carbocycles. The number of alkyl halides is 1. The maximum absolute atomic E-state index is 13.5. The first kappa shape index (κ1) is 9.90. The number of hydrogen-bond acceptors (Lipinski definition) is 0. The van der Waals surface area contributed by atoms with Gasteiger partial charge in [-0.2, -0.15) is 0 Å². The van der Waals surface area contributed by atoms with E-state index in [4.69, 9.17) is 0 Å². The summed E-state index contributed by atoms with van der Waals surface area (Å²) in [6, 6.07) is 4.86. The Kier molecular flexibility index (Phi) is 3.18. The second kappa shape index (κ2) is 4.17. The molecule has 0 unspecified atom stereocenters. The van der Waals surface area contributed by atoms with Crippen molar-refractivity contribution in [2.75, 3.05) is 6.67 Å². The highest BCUT2D eigenvalue weighted by Gasteiger charge is 2.12. The first-order valence-corrected chi connectivity index (χ1v) is 4.00. The summed E-state index contributed by atoms with van der Waals surface area (Å²) in [4.78, 5) is 0. The predicted molar refractivity (Wildman–Crippen MR) is 50.5 cm³/mol. The molecule has 2 heteroatoms. The predicted octanol–water partition coefficient (Wildman–Crippen LogP) is 3.38. The lowest BCUT2D eigenvalue weighted by atomic mass is 9.99. The Hall–Kier alpha value is -1.18. The fourth-order valence-corrected chi connectivity index (χ4v) is 1.11.